The Kier molecular flexibility index (Phi) is 4.07. The fourth-order valence-corrected chi connectivity index (χ4v) is 5.42. The van der Waals surface area contributed by atoms with Crippen LogP contribution in [-0.2, 0) is 25.7 Å². The maximum absolute atomic E-state index is 11.4. The highest BCUT2D eigenvalue weighted by atomic mass is 16.4. The second-order valence-corrected chi connectivity index (χ2v) is 8.50. The minimum absolute atomic E-state index is 0.332. The van der Waals surface area contributed by atoms with Crippen LogP contribution >= 0.6 is 0 Å². The highest BCUT2D eigenvalue weighted by molar-refractivity contribution is 5.93. The van der Waals surface area contributed by atoms with Gasteiger partial charge in [-0.05, 0) is 99.5 Å². The van der Waals surface area contributed by atoms with Crippen molar-refractivity contribution in [2.45, 2.75) is 25.7 Å². The van der Waals surface area contributed by atoms with Gasteiger partial charge in [0.15, 0.2) is 0 Å². The van der Waals surface area contributed by atoms with Gasteiger partial charge in [0.05, 0.1) is 5.56 Å². The van der Waals surface area contributed by atoms with Gasteiger partial charge in [0.2, 0.25) is 0 Å². The van der Waals surface area contributed by atoms with Crippen molar-refractivity contribution < 1.29 is 9.90 Å². The lowest BCUT2D eigenvalue weighted by molar-refractivity contribution is 0.0697. The quantitative estimate of drug-likeness (QED) is 0.411. The fourth-order valence-electron chi connectivity index (χ4n) is 5.42. The smallest absolute Gasteiger partial charge is 0.335 e. The molecule has 0 unspecified atom stereocenters. The van der Waals surface area contributed by atoms with Crippen molar-refractivity contribution in [2.24, 2.45) is 0 Å². The third kappa shape index (κ3) is 2.83. The van der Waals surface area contributed by atoms with Gasteiger partial charge in [-0.2, -0.15) is 0 Å². The van der Waals surface area contributed by atoms with E-state index < -0.39 is 5.97 Å². The number of benzene rings is 4. The first-order valence-electron chi connectivity index (χ1n) is 10.9. The molecule has 2 aliphatic carbocycles. The summed E-state index contributed by atoms with van der Waals surface area (Å²) in [6.45, 7) is 0. The molecule has 0 fully saturated rings. The Morgan fingerprint density at radius 3 is 1.65 bits per heavy atom. The molecule has 2 aliphatic rings. The topological polar surface area (TPSA) is 37.3 Å². The molecule has 2 nitrogen and oxygen atoms in total. The zero-order chi connectivity index (χ0) is 20.9. The van der Waals surface area contributed by atoms with E-state index in [1.807, 2.05) is 12.1 Å². The Hall–Kier alpha value is -3.65. The van der Waals surface area contributed by atoms with E-state index in [9.17, 15) is 9.90 Å². The Morgan fingerprint density at radius 2 is 1.13 bits per heavy atom. The van der Waals surface area contributed by atoms with E-state index >= 15 is 0 Å². The molecule has 0 saturated carbocycles. The predicted molar refractivity (Wildman–Crippen MR) is 125 cm³/mol. The van der Waals surface area contributed by atoms with Crippen LogP contribution in [0.2, 0.25) is 0 Å². The Morgan fingerprint density at radius 1 is 0.613 bits per heavy atom. The number of fused-ring (bicyclic) bond motifs is 6. The van der Waals surface area contributed by atoms with Crippen molar-refractivity contribution in [2.75, 3.05) is 0 Å². The van der Waals surface area contributed by atoms with Gasteiger partial charge in [-0.1, -0.05) is 60.7 Å². The van der Waals surface area contributed by atoms with Crippen LogP contribution in [0.3, 0.4) is 0 Å². The highest BCUT2D eigenvalue weighted by Crippen LogP contribution is 2.47. The molecule has 4 aromatic carbocycles. The normalized spacial score (nSPS) is 13.5. The molecule has 0 aliphatic heterocycles. The monoisotopic (exact) mass is 402 g/mol. The summed E-state index contributed by atoms with van der Waals surface area (Å²) < 4.78 is 0. The summed E-state index contributed by atoms with van der Waals surface area (Å²) in [7, 11) is 0. The average Bonchev–Trinajstić information content (AvgIpc) is 2.82. The van der Waals surface area contributed by atoms with E-state index in [1.165, 1.54) is 50.1 Å². The number of aromatic carboxylic acids is 1. The minimum Gasteiger partial charge on any atom is -0.478 e. The maximum atomic E-state index is 11.4. The van der Waals surface area contributed by atoms with Crippen molar-refractivity contribution in [3.05, 3.63) is 107 Å². The molecule has 0 atom stereocenters. The molecule has 0 bridgehead atoms. The van der Waals surface area contributed by atoms with E-state index in [1.54, 1.807) is 12.1 Å². The van der Waals surface area contributed by atoms with Gasteiger partial charge in [-0.3, -0.25) is 0 Å². The minimum atomic E-state index is -0.883. The summed E-state index contributed by atoms with van der Waals surface area (Å²) in [6.07, 6.45) is 4.10. The van der Waals surface area contributed by atoms with Crippen LogP contribution in [-0.4, -0.2) is 11.1 Å². The van der Waals surface area contributed by atoms with Crippen LogP contribution in [0.15, 0.2) is 78.9 Å². The molecule has 0 radical (unpaired) electrons. The summed E-state index contributed by atoms with van der Waals surface area (Å²) >= 11 is 0. The lowest BCUT2D eigenvalue weighted by Gasteiger charge is -2.30. The molecule has 31 heavy (non-hydrogen) atoms. The van der Waals surface area contributed by atoms with Crippen LogP contribution in [0.5, 0.6) is 0 Å². The summed E-state index contributed by atoms with van der Waals surface area (Å²) in [5, 5.41) is 9.35. The summed E-state index contributed by atoms with van der Waals surface area (Å²) in [6, 6.07) is 27.3. The van der Waals surface area contributed by atoms with E-state index in [-0.39, 0.29) is 0 Å². The number of carboxylic acid groups (broad SMARTS) is 1. The molecular weight excluding hydrogens is 380 g/mol. The van der Waals surface area contributed by atoms with Crippen molar-refractivity contribution in [3.63, 3.8) is 0 Å². The van der Waals surface area contributed by atoms with Crippen LogP contribution < -0.4 is 0 Å². The molecular formula is C29H22O2. The summed E-state index contributed by atoms with van der Waals surface area (Å²) in [5.41, 5.74) is 13.7. The van der Waals surface area contributed by atoms with E-state index in [4.69, 9.17) is 0 Å². The van der Waals surface area contributed by atoms with Crippen molar-refractivity contribution >= 4 is 5.97 Å². The summed E-state index contributed by atoms with van der Waals surface area (Å²) in [4.78, 5) is 11.4. The highest BCUT2D eigenvalue weighted by Gasteiger charge is 2.27. The molecule has 0 spiro atoms. The number of hydrogen-bond donors (Lipinski definition) is 1. The van der Waals surface area contributed by atoms with E-state index in [0.717, 1.165) is 31.2 Å². The molecule has 1 N–H and O–H groups in total. The third-order valence-corrected chi connectivity index (χ3v) is 6.87. The molecule has 150 valence electrons. The zero-order valence-corrected chi connectivity index (χ0v) is 17.2. The number of hydrogen-bond acceptors (Lipinski definition) is 1. The lowest BCUT2D eigenvalue weighted by Crippen LogP contribution is -2.12. The van der Waals surface area contributed by atoms with Crippen molar-refractivity contribution in [3.8, 4) is 33.4 Å². The van der Waals surface area contributed by atoms with Gasteiger partial charge in [0.25, 0.3) is 0 Å². The molecule has 4 aromatic rings. The Labute approximate surface area is 181 Å². The second-order valence-electron chi connectivity index (χ2n) is 8.50. The van der Waals surface area contributed by atoms with E-state index in [0.29, 0.717) is 5.56 Å². The van der Waals surface area contributed by atoms with Gasteiger partial charge >= 0.3 is 5.97 Å². The van der Waals surface area contributed by atoms with Gasteiger partial charge in [0, 0.05) is 0 Å². The predicted octanol–water partition coefficient (Wildman–Crippen LogP) is 6.58. The van der Waals surface area contributed by atoms with Crippen molar-refractivity contribution in [1.82, 2.24) is 0 Å². The Balaban J connectivity index is 1.67. The second kappa shape index (κ2) is 6.95. The first kappa shape index (κ1) is 18.1. The van der Waals surface area contributed by atoms with Gasteiger partial charge in [0.1, 0.15) is 0 Å². The standard InChI is InChI=1S/C29H22O2/c30-29(31)21-11-9-20(10-12-21)28-24-15-13-18-5-1-3-7-22(18)26(24)17-27-23-8-4-2-6-19(23)14-16-25(27)28/h1-12,17H,13-16H2,(H,30,31). The Bertz CT molecular complexity index is 1270. The van der Waals surface area contributed by atoms with Gasteiger partial charge in [-0.25, -0.2) is 4.79 Å². The molecule has 0 aromatic heterocycles. The SMILES string of the molecule is O=C(O)c1ccc(-c2c3c(cc4c2CCc2ccccc2-4)-c2ccccc2CC3)cc1. The van der Waals surface area contributed by atoms with E-state index in [2.05, 4.69) is 54.6 Å². The zero-order valence-electron chi connectivity index (χ0n) is 17.2. The van der Waals surface area contributed by atoms with Gasteiger partial charge in [-0.15, -0.1) is 0 Å². The lowest BCUT2D eigenvalue weighted by atomic mass is 9.74. The average molecular weight is 402 g/mol. The van der Waals surface area contributed by atoms with Crippen LogP contribution in [0.4, 0.5) is 0 Å². The van der Waals surface area contributed by atoms with Crippen LogP contribution in [0, 0.1) is 0 Å². The number of carboxylic acids is 1. The largest absolute Gasteiger partial charge is 0.478 e. The molecule has 2 heteroatoms. The first-order chi connectivity index (χ1) is 15.2. The van der Waals surface area contributed by atoms with Crippen molar-refractivity contribution in [1.29, 1.82) is 0 Å². The van der Waals surface area contributed by atoms with Gasteiger partial charge < -0.3 is 5.11 Å². The number of carbonyl (C=O) groups is 1. The molecule has 0 amide bonds. The fraction of sp³-hybridized carbons (Fsp3) is 0.138. The third-order valence-electron chi connectivity index (χ3n) is 6.87. The number of aryl methyl sites for hydroxylation is 2. The number of rotatable bonds is 2. The summed E-state index contributed by atoms with van der Waals surface area (Å²) in [5.74, 6) is -0.883. The van der Waals surface area contributed by atoms with Crippen LogP contribution in [0.1, 0.15) is 32.6 Å². The molecule has 0 heterocycles. The van der Waals surface area contributed by atoms with Crippen LogP contribution in [0.25, 0.3) is 33.4 Å². The maximum Gasteiger partial charge on any atom is 0.335 e. The first-order valence-corrected chi connectivity index (χ1v) is 10.9. The molecule has 0 saturated heterocycles. The molecule has 6 rings (SSSR count).